The third-order valence-electron chi connectivity index (χ3n) is 2.46. The van der Waals surface area contributed by atoms with E-state index in [1.165, 1.54) is 18.4 Å². The van der Waals surface area contributed by atoms with E-state index in [1.807, 2.05) is 6.07 Å². The smallest absolute Gasteiger partial charge is 0.133 e. The molecular formula is C13H18Br2O. The molecule has 1 aromatic rings. The summed E-state index contributed by atoms with van der Waals surface area (Å²) in [5, 5.41) is 0.873. The lowest BCUT2D eigenvalue weighted by molar-refractivity contribution is 0.250. The van der Waals surface area contributed by atoms with Gasteiger partial charge in [-0.3, -0.25) is 0 Å². The van der Waals surface area contributed by atoms with E-state index in [9.17, 15) is 0 Å². The fourth-order valence-corrected chi connectivity index (χ4v) is 2.44. The lowest BCUT2D eigenvalue weighted by atomic mass is 10.1. The number of alkyl halides is 1. The number of benzene rings is 1. The van der Waals surface area contributed by atoms with E-state index < -0.39 is 0 Å². The highest BCUT2D eigenvalue weighted by Crippen LogP contribution is 2.27. The second-order valence-corrected chi connectivity index (χ2v) is 5.52. The third-order valence-corrected chi connectivity index (χ3v) is 3.72. The minimum absolute atomic E-state index is 0.618. The standard InChI is InChI=1S/C13H18Br2O/c1-3-4-10(2)9-16-13-6-5-11(8-14)7-12(13)15/h5-7,10H,3-4,8-9H2,1-2H3. The normalized spacial score (nSPS) is 12.5. The molecule has 16 heavy (non-hydrogen) atoms. The summed E-state index contributed by atoms with van der Waals surface area (Å²) < 4.78 is 6.82. The topological polar surface area (TPSA) is 9.23 Å². The van der Waals surface area contributed by atoms with E-state index in [0.717, 1.165) is 22.2 Å². The van der Waals surface area contributed by atoms with Crippen molar-refractivity contribution in [2.24, 2.45) is 5.92 Å². The van der Waals surface area contributed by atoms with Gasteiger partial charge in [-0.25, -0.2) is 0 Å². The van der Waals surface area contributed by atoms with Crippen molar-refractivity contribution in [1.29, 1.82) is 0 Å². The van der Waals surface area contributed by atoms with Gasteiger partial charge in [0, 0.05) is 5.33 Å². The highest BCUT2D eigenvalue weighted by atomic mass is 79.9. The first kappa shape index (κ1) is 14.0. The second-order valence-electron chi connectivity index (χ2n) is 4.10. The molecule has 0 spiro atoms. The molecule has 0 aliphatic rings. The molecule has 0 radical (unpaired) electrons. The van der Waals surface area contributed by atoms with Gasteiger partial charge in [0.15, 0.2) is 0 Å². The second kappa shape index (κ2) is 7.33. The fourth-order valence-electron chi connectivity index (χ4n) is 1.55. The molecule has 1 aromatic carbocycles. The molecule has 1 unspecified atom stereocenters. The molecule has 90 valence electrons. The predicted molar refractivity (Wildman–Crippen MR) is 76.3 cm³/mol. The number of ether oxygens (including phenoxy) is 1. The van der Waals surface area contributed by atoms with Crippen LogP contribution in [-0.2, 0) is 5.33 Å². The van der Waals surface area contributed by atoms with Crippen molar-refractivity contribution >= 4 is 31.9 Å². The maximum Gasteiger partial charge on any atom is 0.133 e. The van der Waals surface area contributed by atoms with Crippen LogP contribution in [0.5, 0.6) is 5.75 Å². The molecule has 1 atom stereocenters. The largest absolute Gasteiger partial charge is 0.492 e. The Morgan fingerprint density at radius 3 is 2.69 bits per heavy atom. The van der Waals surface area contributed by atoms with Crippen molar-refractivity contribution in [3.63, 3.8) is 0 Å². The first-order valence-electron chi connectivity index (χ1n) is 5.64. The summed E-state index contributed by atoms with van der Waals surface area (Å²) in [6.45, 7) is 5.22. The van der Waals surface area contributed by atoms with Gasteiger partial charge in [-0.05, 0) is 46.0 Å². The van der Waals surface area contributed by atoms with Crippen LogP contribution in [0.4, 0.5) is 0 Å². The number of hydrogen-bond acceptors (Lipinski definition) is 1. The van der Waals surface area contributed by atoms with Crippen molar-refractivity contribution in [1.82, 2.24) is 0 Å². The van der Waals surface area contributed by atoms with Gasteiger partial charge < -0.3 is 4.74 Å². The highest BCUT2D eigenvalue weighted by Gasteiger charge is 2.05. The SMILES string of the molecule is CCCC(C)COc1ccc(CBr)cc1Br. The lowest BCUT2D eigenvalue weighted by Gasteiger charge is -2.13. The van der Waals surface area contributed by atoms with E-state index in [4.69, 9.17) is 4.74 Å². The molecule has 0 saturated heterocycles. The summed E-state index contributed by atoms with van der Waals surface area (Å²) in [6, 6.07) is 6.20. The van der Waals surface area contributed by atoms with E-state index in [1.54, 1.807) is 0 Å². The molecule has 3 heteroatoms. The minimum atomic E-state index is 0.618. The molecule has 0 aromatic heterocycles. The van der Waals surface area contributed by atoms with E-state index >= 15 is 0 Å². The van der Waals surface area contributed by atoms with Crippen LogP contribution in [0.15, 0.2) is 22.7 Å². The van der Waals surface area contributed by atoms with Gasteiger partial charge in [0.25, 0.3) is 0 Å². The molecule has 0 aliphatic heterocycles. The van der Waals surface area contributed by atoms with Crippen molar-refractivity contribution in [3.05, 3.63) is 28.2 Å². The van der Waals surface area contributed by atoms with Gasteiger partial charge in [0.1, 0.15) is 5.75 Å². The Morgan fingerprint density at radius 1 is 1.38 bits per heavy atom. The predicted octanol–water partition coefficient (Wildman–Crippen LogP) is 5.16. The Bertz CT molecular complexity index is 326. The molecule has 1 nitrogen and oxygen atoms in total. The van der Waals surface area contributed by atoms with E-state index in [-0.39, 0.29) is 0 Å². The summed E-state index contributed by atoms with van der Waals surface area (Å²) in [4.78, 5) is 0. The zero-order chi connectivity index (χ0) is 12.0. The lowest BCUT2D eigenvalue weighted by Crippen LogP contribution is -2.08. The molecule has 0 aliphatic carbocycles. The van der Waals surface area contributed by atoms with Crippen LogP contribution in [0.1, 0.15) is 32.3 Å². The van der Waals surface area contributed by atoms with Crippen LogP contribution >= 0.6 is 31.9 Å². The van der Waals surface area contributed by atoms with Crippen LogP contribution in [0.25, 0.3) is 0 Å². The minimum Gasteiger partial charge on any atom is -0.492 e. The molecule has 0 fully saturated rings. The van der Waals surface area contributed by atoms with E-state index in [0.29, 0.717) is 5.92 Å². The summed E-state index contributed by atoms with van der Waals surface area (Å²) in [7, 11) is 0. The maximum absolute atomic E-state index is 5.79. The Morgan fingerprint density at radius 2 is 2.12 bits per heavy atom. The van der Waals surface area contributed by atoms with Crippen molar-refractivity contribution in [2.45, 2.75) is 32.0 Å². The van der Waals surface area contributed by atoms with Crippen LogP contribution in [0.3, 0.4) is 0 Å². The molecule has 1 rings (SSSR count). The zero-order valence-corrected chi connectivity index (χ0v) is 13.0. The van der Waals surface area contributed by atoms with Crippen LogP contribution in [0.2, 0.25) is 0 Å². The summed E-state index contributed by atoms with van der Waals surface area (Å²) in [5.74, 6) is 1.56. The third kappa shape index (κ3) is 4.46. The Labute approximate surface area is 115 Å². The molecule has 0 saturated carbocycles. The highest BCUT2D eigenvalue weighted by molar-refractivity contribution is 9.10. The van der Waals surface area contributed by atoms with Crippen molar-refractivity contribution in [3.8, 4) is 5.75 Å². The van der Waals surface area contributed by atoms with Gasteiger partial charge in [-0.15, -0.1) is 0 Å². The average molecular weight is 350 g/mol. The quantitative estimate of drug-likeness (QED) is 0.644. The Hall–Kier alpha value is -0.0200. The van der Waals surface area contributed by atoms with Gasteiger partial charge in [-0.2, -0.15) is 0 Å². The molecule has 0 bridgehead atoms. The summed E-state index contributed by atoms with van der Waals surface area (Å²) >= 11 is 6.97. The Balaban J connectivity index is 2.54. The fraction of sp³-hybridized carbons (Fsp3) is 0.538. The average Bonchev–Trinajstić information content (AvgIpc) is 2.27. The van der Waals surface area contributed by atoms with Crippen LogP contribution in [0, 0.1) is 5.92 Å². The van der Waals surface area contributed by atoms with Crippen molar-refractivity contribution in [2.75, 3.05) is 6.61 Å². The van der Waals surface area contributed by atoms with Gasteiger partial charge in [0.05, 0.1) is 11.1 Å². The van der Waals surface area contributed by atoms with Gasteiger partial charge >= 0.3 is 0 Å². The molecule has 0 heterocycles. The van der Waals surface area contributed by atoms with Gasteiger partial charge in [0.2, 0.25) is 0 Å². The van der Waals surface area contributed by atoms with E-state index in [2.05, 4.69) is 57.8 Å². The molecule has 0 N–H and O–H groups in total. The van der Waals surface area contributed by atoms with Crippen molar-refractivity contribution < 1.29 is 4.74 Å². The summed E-state index contributed by atoms with van der Waals surface area (Å²) in [5.41, 5.74) is 1.25. The number of rotatable bonds is 6. The molecule has 0 amide bonds. The van der Waals surface area contributed by atoms with Gasteiger partial charge in [-0.1, -0.05) is 42.3 Å². The van der Waals surface area contributed by atoms with Crippen LogP contribution < -0.4 is 4.74 Å². The molecular weight excluding hydrogens is 332 g/mol. The summed E-state index contributed by atoms with van der Waals surface area (Å²) in [6.07, 6.45) is 2.44. The number of halogens is 2. The van der Waals surface area contributed by atoms with Crippen LogP contribution in [-0.4, -0.2) is 6.61 Å². The maximum atomic E-state index is 5.79. The monoisotopic (exact) mass is 348 g/mol. The number of hydrogen-bond donors (Lipinski definition) is 0. The Kier molecular flexibility index (Phi) is 6.44. The zero-order valence-electron chi connectivity index (χ0n) is 9.80. The first-order valence-corrected chi connectivity index (χ1v) is 7.56. The first-order chi connectivity index (χ1) is 7.67.